The molecule has 0 aliphatic rings. The van der Waals surface area contributed by atoms with Gasteiger partial charge in [-0.15, -0.1) is 5.10 Å². The van der Waals surface area contributed by atoms with E-state index in [9.17, 15) is 0 Å². The molecule has 0 aliphatic carbocycles. The maximum absolute atomic E-state index is 5.55. The predicted molar refractivity (Wildman–Crippen MR) is 58.3 cm³/mol. The number of nitrogens with two attached hydrogens (primary N) is 1. The highest BCUT2D eigenvalue weighted by Gasteiger charge is 2.16. The summed E-state index contributed by atoms with van der Waals surface area (Å²) >= 11 is 4.87. The van der Waals surface area contributed by atoms with Crippen LogP contribution in [0, 0.1) is 0 Å². The fourth-order valence-corrected chi connectivity index (χ4v) is 1.03. The van der Waals surface area contributed by atoms with E-state index in [0.29, 0.717) is 11.4 Å². The molecule has 0 unspecified atom stereocenters. The van der Waals surface area contributed by atoms with Crippen LogP contribution in [0.1, 0.15) is 26.3 Å². The van der Waals surface area contributed by atoms with E-state index in [4.69, 9.17) is 22.7 Å². The predicted octanol–water partition coefficient (Wildman–Crippen LogP) is 1.29. The first-order valence-corrected chi connectivity index (χ1v) is 4.61. The van der Waals surface area contributed by atoms with E-state index < -0.39 is 0 Å². The van der Waals surface area contributed by atoms with Gasteiger partial charge in [-0.1, -0.05) is 12.2 Å². The van der Waals surface area contributed by atoms with Crippen LogP contribution in [-0.4, -0.2) is 20.8 Å². The van der Waals surface area contributed by atoms with E-state index in [1.807, 2.05) is 20.8 Å². The molecule has 0 aliphatic heterocycles. The lowest BCUT2D eigenvalue weighted by Gasteiger charge is -2.21. The van der Waals surface area contributed by atoms with Crippen molar-refractivity contribution in [3.05, 3.63) is 17.8 Å². The van der Waals surface area contributed by atoms with E-state index >= 15 is 0 Å². The summed E-state index contributed by atoms with van der Waals surface area (Å²) in [5.41, 5.74) is 5.80. The molecule has 0 fully saturated rings. The molecule has 2 N–H and O–H groups in total. The van der Waals surface area contributed by atoms with Gasteiger partial charge in [-0.2, -0.15) is 5.10 Å². The molecule has 14 heavy (non-hydrogen) atoms. The molecule has 0 spiro atoms. The summed E-state index contributed by atoms with van der Waals surface area (Å²) in [7, 11) is 0. The zero-order valence-electron chi connectivity index (χ0n) is 8.44. The number of aromatic nitrogens is 2. The van der Waals surface area contributed by atoms with E-state index in [-0.39, 0.29) is 10.6 Å². The number of thiocarbonyl (C=S) groups is 1. The summed E-state index contributed by atoms with van der Waals surface area (Å²) in [5.74, 6) is 0.382. The third-order valence-electron chi connectivity index (χ3n) is 1.36. The smallest absolute Gasteiger partial charge is 0.244 e. The van der Waals surface area contributed by atoms with Crippen LogP contribution in [0.2, 0.25) is 0 Å². The third kappa shape index (κ3) is 2.92. The van der Waals surface area contributed by atoms with Crippen molar-refractivity contribution in [3.63, 3.8) is 0 Å². The molecule has 1 aromatic rings. The highest BCUT2D eigenvalue weighted by molar-refractivity contribution is 7.80. The van der Waals surface area contributed by atoms with Gasteiger partial charge in [0.25, 0.3) is 0 Å². The normalized spacial score (nSPS) is 11.1. The van der Waals surface area contributed by atoms with Crippen LogP contribution < -0.4 is 10.5 Å². The van der Waals surface area contributed by atoms with Gasteiger partial charge in [-0.05, 0) is 26.8 Å². The lowest BCUT2D eigenvalue weighted by Crippen LogP contribution is -2.26. The van der Waals surface area contributed by atoms with Crippen molar-refractivity contribution in [1.82, 2.24) is 10.2 Å². The quantitative estimate of drug-likeness (QED) is 0.747. The Morgan fingerprint density at radius 2 is 2.14 bits per heavy atom. The Morgan fingerprint density at radius 1 is 1.50 bits per heavy atom. The van der Waals surface area contributed by atoms with Gasteiger partial charge in [-0.3, -0.25) is 0 Å². The van der Waals surface area contributed by atoms with Crippen LogP contribution >= 0.6 is 12.2 Å². The zero-order valence-corrected chi connectivity index (χ0v) is 9.26. The summed E-state index contributed by atoms with van der Waals surface area (Å²) in [6, 6.07) is 1.69. The maximum atomic E-state index is 5.55. The Morgan fingerprint density at radius 3 is 2.64 bits per heavy atom. The van der Waals surface area contributed by atoms with Crippen molar-refractivity contribution < 1.29 is 4.74 Å². The lowest BCUT2D eigenvalue weighted by molar-refractivity contribution is 0.122. The van der Waals surface area contributed by atoms with Gasteiger partial charge in [0, 0.05) is 0 Å². The second-order valence-corrected chi connectivity index (χ2v) is 4.27. The van der Waals surface area contributed by atoms with Gasteiger partial charge in [0.1, 0.15) is 10.6 Å². The second kappa shape index (κ2) is 3.88. The largest absolute Gasteiger partial charge is 0.470 e. The first kappa shape index (κ1) is 10.8. The van der Waals surface area contributed by atoms with Crippen LogP contribution in [0.3, 0.4) is 0 Å². The molecular formula is C9H13N3OS. The Labute approximate surface area is 88.5 Å². The zero-order chi connectivity index (χ0) is 10.8. The van der Waals surface area contributed by atoms with Gasteiger partial charge >= 0.3 is 0 Å². The molecule has 0 amide bonds. The molecule has 0 saturated heterocycles. The van der Waals surface area contributed by atoms with Crippen LogP contribution in [0.4, 0.5) is 0 Å². The Hall–Kier alpha value is -1.23. The van der Waals surface area contributed by atoms with Crippen molar-refractivity contribution in [2.75, 3.05) is 0 Å². The maximum Gasteiger partial charge on any atom is 0.244 e. The summed E-state index contributed by atoms with van der Waals surface area (Å²) in [5, 5.41) is 7.57. The molecule has 4 nitrogen and oxygen atoms in total. The Bertz CT molecular complexity index is 346. The van der Waals surface area contributed by atoms with Gasteiger partial charge in [0.05, 0.1) is 11.8 Å². The van der Waals surface area contributed by atoms with Crippen LogP contribution in [0.5, 0.6) is 5.88 Å². The standard InChI is InChI=1S/C9H13N3OS/c1-9(2,3)13-8-6(7(10)14)4-5-11-12-8/h4-5H,1-3H3,(H2,10,14). The SMILES string of the molecule is CC(C)(C)Oc1nnccc1C(N)=S. The Balaban J connectivity index is 3.02. The van der Waals surface area contributed by atoms with E-state index in [1.165, 1.54) is 6.20 Å². The molecular weight excluding hydrogens is 198 g/mol. The van der Waals surface area contributed by atoms with Crippen molar-refractivity contribution >= 4 is 17.2 Å². The molecule has 0 bridgehead atoms. The number of hydrogen-bond acceptors (Lipinski definition) is 4. The van der Waals surface area contributed by atoms with E-state index in [2.05, 4.69) is 10.2 Å². The van der Waals surface area contributed by atoms with E-state index in [0.717, 1.165) is 0 Å². The van der Waals surface area contributed by atoms with Crippen LogP contribution in [0.25, 0.3) is 0 Å². The molecule has 1 heterocycles. The summed E-state index contributed by atoms with van der Waals surface area (Å²) in [6.07, 6.45) is 1.53. The molecule has 0 aromatic carbocycles. The summed E-state index contributed by atoms with van der Waals surface area (Å²) < 4.78 is 5.55. The van der Waals surface area contributed by atoms with Gasteiger partial charge in [0.2, 0.25) is 5.88 Å². The number of hydrogen-bond donors (Lipinski definition) is 1. The number of nitrogens with zero attached hydrogens (tertiary/aromatic N) is 2. The van der Waals surface area contributed by atoms with Crippen molar-refractivity contribution in [3.8, 4) is 5.88 Å². The molecule has 0 radical (unpaired) electrons. The fraction of sp³-hybridized carbons (Fsp3) is 0.444. The van der Waals surface area contributed by atoms with Crippen LogP contribution in [-0.2, 0) is 0 Å². The first-order chi connectivity index (χ1) is 6.40. The van der Waals surface area contributed by atoms with Crippen molar-refractivity contribution in [2.45, 2.75) is 26.4 Å². The van der Waals surface area contributed by atoms with Crippen molar-refractivity contribution in [1.29, 1.82) is 0 Å². The highest BCUT2D eigenvalue weighted by Crippen LogP contribution is 2.18. The lowest BCUT2D eigenvalue weighted by atomic mass is 10.2. The average Bonchev–Trinajstić information content (AvgIpc) is 2.01. The van der Waals surface area contributed by atoms with Crippen molar-refractivity contribution in [2.24, 2.45) is 5.73 Å². The minimum absolute atomic E-state index is 0.263. The number of ether oxygens (including phenoxy) is 1. The van der Waals surface area contributed by atoms with Gasteiger partial charge < -0.3 is 10.5 Å². The topological polar surface area (TPSA) is 61.0 Å². The summed E-state index contributed by atoms with van der Waals surface area (Å²) in [4.78, 5) is 0.263. The summed E-state index contributed by atoms with van der Waals surface area (Å²) in [6.45, 7) is 5.76. The molecule has 1 aromatic heterocycles. The van der Waals surface area contributed by atoms with Crippen LogP contribution in [0.15, 0.2) is 12.3 Å². The average molecular weight is 211 g/mol. The minimum atomic E-state index is -0.338. The Kier molecular flexibility index (Phi) is 3.00. The monoisotopic (exact) mass is 211 g/mol. The molecule has 0 atom stereocenters. The van der Waals surface area contributed by atoms with Gasteiger partial charge in [-0.25, -0.2) is 0 Å². The number of rotatable bonds is 2. The second-order valence-electron chi connectivity index (χ2n) is 3.83. The highest BCUT2D eigenvalue weighted by atomic mass is 32.1. The fourth-order valence-electron chi connectivity index (χ4n) is 0.872. The van der Waals surface area contributed by atoms with E-state index in [1.54, 1.807) is 6.07 Å². The van der Waals surface area contributed by atoms with Gasteiger partial charge in [0.15, 0.2) is 0 Å². The molecule has 1 rings (SSSR count). The minimum Gasteiger partial charge on any atom is -0.470 e. The third-order valence-corrected chi connectivity index (χ3v) is 1.58. The molecule has 76 valence electrons. The molecule has 5 heteroatoms. The molecule has 0 saturated carbocycles. The first-order valence-electron chi connectivity index (χ1n) is 4.20.